The molecule has 3 heterocycles. The summed E-state index contributed by atoms with van der Waals surface area (Å²) in [5.41, 5.74) is 0.578. The van der Waals surface area contributed by atoms with E-state index in [0.717, 1.165) is 31.9 Å². The zero-order valence-corrected chi connectivity index (χ0v) is 11.2. The van der Waals surface area contributed by atoms with Gasteiger partial charge in [-0.1, -0.05) is 0 Å². The average molecular weight is 267 g/mol. The summed E-state index contributed by atoms with van der Waals surface area (Å²) in [7, 11) is 0. The molecule has 2 aliphatic rings. The number of ether oxygens (including phenoxy) is 1. The Morgan fingerprint density at radius 2 is 2.56 bits per heavy atom. The third kappa shape index (κ3) is 2.03. The van der Waals surface area contributed by atoms with E-state index in [1.807, 2.05) is 23.6 Å². The van der Waals surface area contributed by atoms with Crippen LogP contribution in [0.5, 0.6) is 0 Å². The molecule has 0 bridgehead atoms. The van der Waals surface area contributed by atoms with Crippen molar-refractivity contribution in [3.63, 3.8) is 0 Å². The van der Waals surface area contributed by atoms with E-state index in [9.17, 15) is 4.79 Å². The van der Waals surface area contributed by atoms with Gasteiger partial charge in [-0.05, 0) is 19.4 Å². The molecule has 1 spiro atoms. The zero-order chi connectivity index (χ0) is 12.6. The molecule has 1 aromatic heterocycles. The van der Waals surface area contributed by atoms with Gasteiger partial charge < -0.3 is 9.64 Å². The van der Waals surface area contributed by atoms with Crippen molar-refractivity contribution in [1.82, 2.24) is 15.1 Å². The Hall–Kier alpha value is -1.01. The smallest absolute Gasteiger partial charge is 0.271 e. The lowest BCUT2D eigenvalue weighted by Crippen LogP contribution is -2.60. The molecule has 2 saturated heterocycles. The van der Waals surface area contributed by atoms with Gasteiger partial charge in [0.1, 0.15) is 5.69 Å². The molecule has 0 aromatic carbocycles. The first-order valence-corrected chi connectivity index (χ1v) is 7.25. The van der Waals surface area contributed by atoms with Gasteiger partial charge in [-0.15, -0.1) is 11.8 Å². The maximum Gasteiger partial charge on any atom is 0.271 e. The molecule has 3 rings (SSSR count). The van der Waals surface area contributed by atoms with Crippen LogP contribution in [0.2, 0.25) is 0 Å². The summed E-state index contributed by atoms with van der Waals surface area (Å²) in [5, 5.41) is 6.53. The van der Waals surface area contributed by atoms with E-state index in [4.69, 9.17) is 4.74 Å². The molecule has 5 nitrogen and oxygen atoms in total. The highest BCUT2D eigenvalue weighted by molar-refractivity contribution is 8.01. The number of likely N-dealkylation sites (tertiary alicyclic amines) is 1. The van der Waals surface area contributed by atoms with Gasteiger partial charge in [0.15, 0.2) is 0 Å². The summed E-state index contributed by atoms with van der Waals surface area (Å²) in [6.07, 6.45) is 3.04. The molecular weight excluding hydrogens is 250 g/mol. The zero-order valence-electron chi connectivity index (χ0n) is 10.4. The van der Waals surface area contributed by atoms with Gasteiger partial charge in [-0.25, -0.2) is 0 Å². The third-order valence-electron chi connectivity index (χ3n) is 3.55. The largest absolute Gasteiger partial charge is 0.378 e. The fraction of sp³-hybridized carbons (Fsp3) is 0.667. The minimum atomic E-state index is 0.0542. The van der Waals surface area contributed by atoms with Crippen LogP contribution in [0.25, 0.3) is 0 Å². The first-order valence-electron chi connectivity index (χ1n) is 6.27. The number of amides is 1. The predicted octanol–water partition coefficient (Wildman–Crippen LogP) is 1.15. The lowest BCUT2D eigenvalue weighted by Gasteiger charge is -2.47. The molecular formula is C12H17N3O2S. The number of aromatic amines is 1. The second kappa shape index (κ2) is 4.59. The maximum atomic E-state index is 12.0. The van der Waals surface area contributed by atoms with Gasteiger partial charge in [-0.2, -0.15) is 5.10 Å². The Morgan fingerprint density at radius 3 is 3.22 bits per heavy atom. The first-order chi connectivity index (χ1) is 8.72. The summed E-state index contributed by atoms with van der Waals surface area (Å²) in [6, 6.07) is 1.72. The Balaban J connectivity index is 1.56. The number of carbonyl (C=O) groups excluding carboxylic acids is 1. The fourth-order valence-corrected chi connectivity index (χ4v) is 4.26. The number of aromatic nitrogens is 2. The molecule has 0 radical (unpaired) electrons. The van der Waals surface area contributed by atoms with Crippen molar-refractivity contribution in [2.45, 2.75) is 24.2 Å². The second-order valence-corrected chi connectivity index (χ2v) is 6.40. The number of nitrogens with one attached hydrogen (secondary N) is 1. The van der Waals surface area contributed by atoms with E-state index < -0.39 is 0 Å². The molecule has 18 heavy (non-hydrogen) atoms. The quantitative estimate of drug-likeness (QED) is 0.892. The average Bonchev–Trinajstić information content (AvgIpc) is 2.95. The fourth-order valence-electron chi connectivity index (χ4n) is 2.70. The number of rotatable bonds is 3. The lowest BCUT2D eigenvalue weighted by atomic mass is 9.92. The predicted molar refractivity (Wildman–Crippen MR) is 69.7 cm³/mol. The van der Waals surface area contributed by atoms with Gasteiger partial charge >= 0.3 is 0 Å². The number of carbonyl (C=O) groups is 1. The van der Waals surface area contributed by atoms with Gasteiger partial charge in [0, 0.05) is 31.6 Å². The van der Waals surface area contributed by atoms with Crippen molar-refractivity contribution in [1.29, 1.82) is 0 Å². The number of H-pyrrole nitrogens is 1. The monoisotopic (exact) mass is 267 g/mol. The van der Waals surface area contributed by atoms with E-state index in [2.05, 4.69) is 10.2 Å². The van der Waals surface area contributed by atoms with Crippen LogP contribution in [-0.4, -0.2) is 57.3 Å². The third-order valence-corrected chi connectivity index (χ3v) is 5.13. The number of hydrogen-bond acceptors (Lipinski definition) is 4. The molecule has 1 aromatic rings. The second-order valence-electron chi connectivity index (χ2n) is 4.91. The number of hydrogen-bond donors (Lipinski definition) is 1. The SMILES string of the molecule is CCOC1CSC2(C1)CN(C(=O)c1ccn[nH]1)C2. The highest BCUT2D eigenvalue weighted by atomic mass is 32.2. The van der Waals surface area contributed by atoms with Crippen LogP contribution in [0, 0.1) is 0 Å². The summed E-state index contributed by atoms with van der Waals surface area (Å²) in [6.45, 7) is 4.47. The van der Waals surface area contributed by atoms with Crippen LogP contribution < -0.4 is 0 Å². The summed E-state index contributed by atoms with van der Waals surface area (Å²) < 4.78 is 5.91. The van der Waals surface area contributed by atoms with E-state index in [-0.39, 0.29) is 10.7 Å². The minimum absolute atomic E-state index is 0.0542. The van der Waals surface area contributed by atoms with E-state index in [1.54, 1.807) is 12.3 Å². The van der Waals surface area contributed by atoms with Crippen molar-refractivity contribution < 1.29 is 9.53 Å². The van der Waals surface area contributed by atoms with Crippen LogP contribution >= 0.6 is 11.8 Å². The lowest BCUT2D eigenvalue weighted by molar-refractivity contribution is 0.0355. The van der Waals surface area contributed by atoms with E-state index in [0.29, 0.717) is 11.8 Å². The van der Waals surface area contributed by atoms with Crippen LogP contribution in [0.3, 0.4) is 0 Å². The highest BCUT2D eigenvalue weighted by Gasteiger charge is 2.51. The van der Waals surface area contributed by atoms with Crippen molar-refractivity contribution in [2.24, 2.45) is 0 Å². The van der Waals surface area contributed by atoms with Crippen molar-refractivity contribution in [2.75, 3.05) is 25.4 Å². The summed E-state index contributed by atoms with van der Waals surface area (Å²) in [5.74, 6) is 1.11. The van der Waals surface area contributed by atoms with Gasteiger partial charge in [0.25, 0.3) is 5.91 Å². The van der Waals surface area contributed by atoms with Crippen molar-refractivity contribution in [3.05, 3.63) is 18.0 Å². The van der Waals surface area contributed by atoms with Crippen LogP contribution in [0.4, 0.5) is 0 Å². The maximum absolute atomic E-state index is 12.0. The van der Waals surface area contributed by atoms with Gasteiger partial charge in [-0.3, -0.25) is 9.89 Å². The Labute approximate surface area is 110 Å². The van der Waals surface area contributed by atoms with Crippen molar-refractivity contribution in [3.8, 4) is 0 Å². The normalized spacial score (nSPS) is 25.4. The molecule has 2 fully saturated rings. The number of nitrogens with zero attached hydrogens (tertiary/aromatic N) is 2. The van der Waals surface area contributed by atoms with Gasteiger partial charge in [0.05, 0.1) is 10.9 Å². The Kier molecular flexibility index (Phi) is 3.07. The van der Waals surface area contributed by atoms with Crippen LogP contribution in [0.1, 0.15) is 23.8 Å². The molecule has 98 valence electrons. The Morgan fingerprint density at radius 1 is 1.72 bits per heavy atom. The van der Waals surface area contributed by atoms with E-state index >= 15 is 0 Å². The van der Waals surface area contributed by atoms with Gasteiger partial charge in [0.2, 0.25) is 0 Å². The molecule has 0 saturated carbocycles. The molecule has 1 unspecified atom stereocenters. The molecule has 1 atom stereocenters. The standard InChI is InChI=1S/C12H17N3O2S/c1-2-17-9-5-12(18-6-9)7-15(8-12)11(16)10-3-4-13-14-10/h3-4,9H,2,5-8H2,1H3,(H,13,14). The van der Waals surface area contributed by atoms with Crippen molar-refractivity contribution >= 4 is 17.7 Å². The molecule has 2 aliphatic heterocycles. The first kappa shape index (κ1) is 12.0. The molecule has 1 amide bonds. The molecule has 0 aliphatic carbocycles. The highest BCUT2D eigenvalue weighted by Crippen LogP contribution is 2.46. The Bertz CT molecular complexity index is 429. The topological polar surface area (TPSA) is 58.2 Å². The van der Waals surface area contributed by atoms with Crippen LogP contribution in [-0.2, 0) is 4.74 Å². The molecule has 6 heteroatoms. The summed E-state index contributed by atoms with van der Waals surface area (Å²) in [4.78, 5) is 13.9. The molecule has 1 N–H and O–H groups in total. The minimum Gasteiger partial charge on any atom is -0.378 e. The van der Waals surface area contributed by atoms with Crippen LogP contribution in [0.15, 0.2) is 12.3 Å². The summed E-state index contributed by atoms with van der Waals surface area (Å²) >= 11 is 1.95. The number of thioether (sulfide) groups is 1. The van der Waals surface area contributed by atoms with E-state index in [1.165, 1.54) is 0 Å².